The van der Waals surface area contributed by atoms with Gasteiger partial charge in [-0.2, -0.15) is 18.3 Å². The summed E-state index contributed by atoms with van der Waals surface area (Å²) in [4.78, 5) is 0. The van der Waals surface area contributed by atoms with E-state index >= 15 is 0 Å². The lowest BCUT2D eigenvalue weighted by Crippen LogP contribution is -2.06. The molecule has 1 unspecified atom stereocenters. The Morgan fingerprint density at radius 3 is 2.30 bits per heavy atom. The summed E-state index contributed by atoms with van der Waals surface area (Å²) in [7, 11) is 1.75. The molecule has 0 aliphatic rings. The van der Waals surface area contributed by atoms with Gasteiger partial charge in [-0.3, -0.25) is 4.68 Å². The first-order valence-corrected chi connectivity index (χ1v) is 6.11. The van der Waals surface area contributed by atoms with E-state index in [9.17, 15) is 18.3 Å². The van der Waals surface area contributed by atoms with Crippen molar-refractivity contribution in [2.45, 2.75) is 25.6 Å². The van der Waals surface area contributed by atoms with E-state index < -0.39 is 17.8 Å². The van der Waals surface area contributed by atoms with Gasteiger partial charge < -0.3 is 5.11 Å². The van der Waals surface area contributed by atoms with Crippen molar-refractivity contribution in [2.75, 3.05) is 0 Å². The molecule has 1 aromatic heterocycles. The number of halogens is 3. The Morgan fingerprint density at radius 2 is 1.85 bits per heavy atom. The molecule has 0 spiro atoms. The average molecular weight is 284 g/mol. The zero-order chi connectivity index (χ0) is 14.9. The molecular weight excluding hydrogens is 269 g/mol. The average Bonchev–Trinajstić information content (AvgIpc) is 2.68. The lowest BCUT2D eigenvalue weighted by Gasteiger charge is -2.11. The van der Waals surface area contributed by atoms with Crippen molar-refractivity contribution in [3.8, 4) is 0 Å². The number of rotatable bonds is 3. The molecule has 0 saturated carbocycles. The van der Waals surface area contributed by atoms with Crippen LogP contribution in [0.2, 0.25) is 0 Å². The third kappa shape index (κ3) is 3.19. The van der Waals surface area contributed by atoms with E-state index in [0.717, 1.165) is 12.1 Å². The Kier molecular flexibility index (Phi) is 3.85. The van der Waals surface area contributed by atoms with Crippen molar-refractivity contribution in [2.24, 2.45) is 7.05 Å². The summed E-state index contributed by atoms with van der Waals surface area (Å²) in [6.45, 7) is 1.78. The molecule has 1 N–H and O–H groups in total. The summed E-state index contributed by atoms with van der Waals surface area (Å²) in [5, 5.41) is 14.2. The number of aromatic nitrogens is 2. The van der Waals surface area contributed by atoms with E-state index in [-0.39, 0.29) is 6.42 Å². The van der Waals surface area contributed by atoms with Gasteiger partial charge in [-0.05, 0) is 24.6 Å². The molecular formula is C14H15F3N2O. The maximum Gasteiger partial charge on any atom is 0.416 e. The van der Waals surface area contributed by atoms with Gasteiger partial charge in [-0.25, -0.2) is 0 Å². The first-order valence-electron chi connectivity index (χ1n) is 6.11. The number of aliphatic hydroxyl groups is 1. The first-order chi connectivity index (χ1) is 9.27. The van der Waals surface area contributed by atoms with Crippen LogP contribution in [0.25, 0.3) is 0 Å². The maximum absolute atomic E-state index is 12.4. The first kappa shape index (κ1) is 14.6. The number of hydrogen-bond acceptors (Lipinski definition) is 2. The normalized spacial score (nSPS) is 13.5. The minimum absolute atomic E-state index is 0.255. The van der Waals surface area contributed by atoms with Gasteiger partial charge in [0.1, 0.15) is 0 Å². The van der Waals surface area contributed by atoms with Gasteiger partial charge in [0.15, 0.2) is 0 Å². The molecule has 1 heterocycles. The van der Waals surface area contributed by atoms with Crippen LogP contribution < -0.4 is 0 Å². The fourth-order valence-electron chi connectivity index (χ4n) is 2.11. The molecule has 0 saturated heterocycles. The van der Waals surface area contributed by atoms with Crippen LogP contribution in [-0.2, 0) is 19.6 Å². The lowest BCUT2D eigenvalue weighted by molar-refractivity contribution is -0.137. The molecule has 1 aromatic carbocycles. The number of alkyl halides is 3. The van der Waals surface area contributed by atoms with Crippen molar-refractivity contribution in [1.29, 1.82) is 0 Å². The quantitative estimate of drug-likeness (QED) is 0.940. The molecule has 3 nitrogen and oxygen atoms in total. The van der Waals surface area contributed by atoms with Crippen molar-refractivity contribution in [3.63, 3.8) is 0 Å². The highest BCUT2D eigenvalue weighted by Crippen LogP contribution is 2.30. The van der Waals surface area contributed by atoms with Gasteiger partial charge in [0.2, 0.25) is 0 Å². The minimum atomic E-state index is -4.34. The number of benzene rings is 1. The van der Waals surface area contributed by atoms with E-state index in [1.807, 2.05) is 0 Å². The number of nitrogens with zero attached hydrogens (tertiary/aromatic N) is 2. The van der Waals surface area contributed by atoms with Crippen LogP contribution >= 0.6 is 0 Å². The fourth-order valence-corrected chi connectivity index (χ4v) is 2.11. The summed E-state index contributed by atoms with van der Waals surface area (Å²) in [5.41, 5.74) is 1.36. The monoisotopic (exact) mass is 284 g/mol. The van der Waals surface area contributed by atoms with E-state index in [1.54, 1.807) is 24.9 Å². The molecule has 0 aliphatic heterocycles. The van der Waals surface area contributed by atoms with Crippen LogP contribution in [0.15, 0.2) is 30.5 Å². The molecule has 0 bridgehead atoms. The van der Waals surface area contributed by atoms with Crippen LogP contribution in [0.3, 0.4) is 0 Å². The SMILES string of the molecule is Cc1nn(C)cc1C(O)Cc1ccc(C(F)(F)F)cc1. The summed E-state index contributed by atoms with van der Waals surface area (Å²) in [6, 6.07) is 4.83. The number of aliphatic hydroxyl groups excluding tert-OH is 1. The van der Waals surface area contributed by atoms with E-state index in [0.29, 0.717) is 16.8 Å². The Balaban J connectivity index is 2.12. The molecule has 0 amide bonds. The standard InChI is InChI=1S/C14H15F3N2O/c1-9-12(8-19(2)18-9)13(20)7-10-3-5-11(6-4-10)14(15,16)17/h3-6,8,13,20H,7H2,1-2H3. The molecule has 108 valence electrons. The summed E-state index contributed by atoms with van der Waals surface area (Å²) >= 11 is 0. The largest absolute Gasteiger partial charge is 0.416 e. The van der Waals surface area contributed by atoms with Crippen LogP contribution in [-0.4, -0.2) is 14.9 Å². The van der Waals surface area contributed by atoms with Gasteiger partial charge in [0.05, 0.1) is 17.4 Å². The summed E-state index contributed by atoms with van der Waals surface area (Å²) in [6.07, 6.45) is -3.15. The van der Waals surface area contributed by atoms with Gasteiger partial charge >= 0.3 is 6.18 Å². The molecule has 2 rings (SSSR count). The second-order valence-electron chi connectivity index (χ2n) is 4.76. The van der Waals surface area contributed by atoms with Crippen LogP contribution in [0.1, 0.15) is 28.5 Å². The van der Waals surface area contributed by atoms with E-state index in [1.165, 1.54) is 12.1 Å². The number of hydrogen-bond donors (Lipinski definition) is 1. The van der Waals surface area contributed by atoms with Crippen LogP contribution in [0, 0.1) is 6.92 Å². The molecule has 20 heavy (non-hydrogen) atoms. The summed E-state index contributed by atoms with van der Waals surface area (Å²) < 4.78 is 38.9. The van der Waals surface area contributed by atoms with Crippen molar-refractivity contribution in [1.82, 2.24) is 9.78 Å². The predicted octanol–water partition coefficient (Wildman–Crippen LogP) is 3.02. The molecule has 0 aliphatic carbocycles. The second-order valence-corrected chi connectivity index (χ2v) is 4.76. The fraction of sp³-hybridized carbons (Fsp3) is 0.357. The van der Waals surface area contributed by atoms with Gasteiger partial charge in [0.25, 0.3) is 0 Å². The molecule has 0 fully saturated rings. The van der Waals surface area contributed by atoms with Gasteiger partial charge in [-0.15, -0.1) is 0 Å². The molecule has 2 aromatic rings. The molecule has 1 atom stereocenters. The minimum Gasteiger partial charge on any atom is -0.388 e. The number of aryl methyl sites for hydroxylation is 2. The smallest absolute Gasteiger partial charge is 0.388 e. The summed E-state index contributed by atoms with van der Waals surface area (Å²) in [5.74, 6) is 0. The van der Waals surface area contributed by atoms with Crippen molar-refractivity contribution >= 4 is 0 Å². The van der Waals surface area contributed by atoms with E-state index in [2.05, 4.69) is 5.10 Å². The highest BCUT2D eigenvalue weighted by molar-refractivity contribution is 5.27. The Morgan fingerprint density at radius 1 is 1.25 bits per heavy atom. The maximum atomic E-state index is 12.4. The zero-order valence-electron chi connectivity index (χ0n) is 11.1. The Bertz CT molecular complexity index is 587. The molecule has 6 heteroatoms. The molecule has 0 radical (unpaired) electrons. The van der Waals surface area contributed by atoms with Crippen LogP contribution in [0.5, 0.6) is 0 Å². The highest BCUT2D eigenvalue weighted by atomic mass is 19.4. The van der Waals surface area contributed by atoms with Crippen molar-refractivity contribution in [3.05, 3.63) is 52.8 Å². The van der Waals surface area contributed by atoms with Gasteiger partial charge in [-0.1, -0.05) is 12.1 Å². The van der Waals surface area contributed by atoms with Crippen LogP contribution in [0.4, 0.5) is 13.2 Å². The topological polar surface area (TPSA) is 38.0 Å². The Hall–Kier alpha value is -1.82. The van der Waals surface area contributed by atoms with Gasteiger partial charge in [0, 0.05) is 25.2 Å². The predicted molar refractivity (Wildman–Crippen MR) is 68.1 cm³/mol. The lowest BCUT2D eigenvalue weighted by atomic mass is 10.0. The highest BCUT2D eigenvalue weighted by Gasteiger charge is 2.30. The third-order valence-corrected chi connectivity index (χ3v) is 3.12. The zero-order valence-corrected chi connectivity index (χ0v) is 11.1. The Labute approximate surface area is 114 Å². The third-order valence-electron chi connectivity index (χ3n) is 3.12. The second kappa shape index (κ2) is 5.28. The van der Waals surface area contributed by atoms with Crippen molar-refractivity contribution < 1.29 is 18.3 Å². The van der Waals surface area contributed by atoms with E-state index in [4.69, 9.17) is 0 Å².